The van der Waals surface area contributed by atoms with E-state index in [-0.39, 0.29) is 36.2 Å². The first-order chi connectivity index (χ1) is 33.1. The minimum absolute atomic E-state index is 0.0536. The number of carbonyl (C=O) groups is 3. The van der Waals surface area contributed by atoms with Crippen molar-refractivity contribution in [1.29, 1.82) is 0 Å². The Bertz CT molecular complexity index is 1340. The number of carboxylic acid groups (broad SMARTS) is 1. The van der Waals surface area contributed by atoms with Crippen LogP contribution in [0.1, 0.15) is 239 Å². The zero-order chi connectivity index (χ0) is 49.9. The summed E-state index contributed by atoms with van der Waals surface area (Å²) in [5.74, 6) is -1.48. The number of aliphatic carboxylic acids is 1. The summed E-state index contributed by atoms with van der Waals surface area (Å²) in [5.41, 5.74) is 0. The molecule has 0 rings (SSSR count). The molecule has 392 valence electrons. The van der Waals surface area contributed by atoms with Crippen LogP contribution < -0.4 is 0 Å². The lowest BCUT2D eigenvalue weighted by molar-refractivity contribution is -0.887. The second kappa shape index (κ2) is 50.2. The number of hydrogen-bond donors (Lipinski definition) is 1. The van der Waals surface area contributed by atoms with Crippen molar-refractivity contribution in [3.63, 3.8) is 0 Å². The molecule has 0 aromatic heterocycles. The van der Waals surface area contributed by atoms with Crippen LogP contribution in [0.25, 0.3) is 0 Å². The van der Waals surface area contributed by atoms with Crippen LogP contribution in [-0.4, -0.2) is 80.6 Å². The van der Waals surface area contributed by atoms with Gasteiger partial charge in [0.05, 0.1) is 34.4 Å². The summed E-state index contributed by atoms with van der Waals surface area (Å²) < 4.78 is 17.4. The quantitative estimate of drug-likeness (QED) is 0.0281. The third-order valence-corrected chi connectivity index (χ3v) is 12.3. The van der Waals surface area contributed by atoms with E-state index in [0.29, 0.717) is 19.3 Å². The van der Waals surface area contributed by atoms with E-state index in [2.05, 4.69) is 86.8 Å². The number of carbonyl (C=O) groups excluding carboxylic acids is 2. The van der Waals surface area contributed by atoms with E-state index < -0.39 is 18.1 Å². The zero-order valence-electron chi connectivity index (χ0n) is 44.8. The second-order valence-corrected chi connectivity index (χ2v) is 19.8. The largest absolute Gasteiger partial charge is 0.477 e. The molecule has 8 heteroatoms. The van der Waals surface area contributed by atoms with Gasteiger partial charge in [-0.2, -0.15) is 0 Å². The number of ether oxygens (including phenoxy) is 3. The molecule has 0 aliphatic rings. The van der Waals surface area contributed by atoms with E-state index in [9.17, 15) is 19.5 Å². The van der Waals surface area contributed by atoms with Crippen LogP contribution in [0.15, 0.2) is 72.9 Å². The Kier molecular flexibility index (Phi) is 47.8. The summed E-state index contributed by atoms with van der Waals surface area (Å²) in [6, 6.07) is -0.621. The number of carboxylic acids is 1. The predicted molar refractivity (Wildman–Crippen MR) is 289 cm³/mol. The van der Waals surface area contributed by atoms with Crippen LogP contribution in [0.5, 0.6) is 0 Å². The molecule has 0 heterocycles. The molecule has 68 heavy (non-hydrogen) atoms. The summed E-state index contributed by atoms with van der Waals surface area (Å²) in [5, 5.41) is 9.67. The smallest absolute Gasteiger partial charge is 0.362 e. The normalized spacial score (nSPS) is 13.4. The highest BCUT2D eigenvalue weighted by atomic mass is 16.6. The van der Waals surface area contributed by atoms with Gasteiger partial charge in [-0.1, -0.05) is 209 Å². The number of unbranched alkanes of at least 4 members (excludes halogenated alkanes) is 24. The number of allylic oxidation sites excluding steroid dienone is 12. The number of nitrogens with zero attached hydrogens (tertiary/aromatic N) is 1. The monoisotopic (exact) mass is 953 g/mol. The Morgan fingerprint density at radius 3 is 1.24 bits per heavy atom. The van der Waals surface area contributed by atoms with Gasteiger partial charge in [0.25, 0.3) is 0 Å². The highest BCUT2D eigenvalue weighted by molar-refractivity contribution is 5.72. The van der Waals surface area contributed by atoms with E-state index in [0.717, 1.165) is 77.0 Å². The maximum Gasteiger partial charge on any atom is 0.362 e. The Morgan fingerprint density at radius 1 is 0.456 bits per heavy atom. The molecule has 0 aromatic carbocycles. The van der Waals surface area contributed by atoms with Crippen LogP contribution in [0.3, 0.4) is 0 Å². The molecule has 0 aliphatic carbocycles. The van der Waals surface area contributed by atoms with Crippen molar-refractivity contribution < 1.29 is 38.2 Å². The highest BCUT2D eigenvalue weighted by Gasteiger charge is 2.31. The molecule has 0 fully saturated rings. The lowest BCUT2D eigenvalue weighted by atomic mass is 10.1. The van der Waals surface area contributed by atoms with Crippen molar-refractivity contribution in [2.75, 3.05) is 41.0 Å². The standard InChI is InChI=1S/C60H105NO7/c1-6-8-10-12-14-16-18-20-22-24-26-28-29-31-32-34-36-38-40-42-44-46-48-50-58(62)67-55-56(54-66-53-52-57(60(64)65)61(3,4)5)68-59(63)51-49-47-45-43-41-39-37-35-33-30-27-25-23-21-19-17-15-13-11-9-7-2/h8,10,14,16,20,22,26,28,30-33,56-57H,6-7,9,11-13,15,17-19,21,23-25,27,29,34-55H2,1-5H3/p+1/b10-8+,16-14+,22-20+,28-26+,32-31+,33-30+. The number of quaternary nitrogens is 1. The van der Waals surface area contributed by atoms with Crippen molar-refractivity contribution in [1.82, 2.24) is 0 Å². The molecular formula is C60H106NO7+. The molecule has 1 N–H and O–H groups in total. The molecule has 0 amide bonds. The maximum absolute atomic E-state index is 12.8. The van der Waals surface area contributed by atoms with E-state index >= 15 is 0 Å². The van der Waals surface area contributed by atoms with Gasteiger partial charge in [-0.05, 0) is 83.5 Å². The minimum atomic E-state index is -0.877. The van der Waals surface area contributed by atoms with Gasteiger partial charge in [0.15, 0.2) is 12.1 Å². The molecule has 0 aliphatic heterocycles. The molecule has 2 atom stereocenters. The maximum atomic E-state index is 12.8. The van der Waals surface area contributed by atoms with Gasteiger partial charge in [-0.15, -0.1) is 0 Å². The Labute approximate surface area is 419 Å². The first kappa shape index (κ1) is 64.8. The van der Waals surface area contributed by atoms with Crippen molar-refractivity contribution >= 4 is 17.9 Å². The fourth-order valence-electron chi connectivity index (χ4n) is 8.06. The van der Waals surface area contributed by atoms with Crippen molar-refractivity contribution in [3.8, 4) is 0 Å². The molecule has 0 radical (unpaired) electrons. The van der Waals surface area contributed by atoms with E-state index in [1.807, 2.05) is 21.1 Å². The molecular weight excluding hydrogens is 847 g/mol. The van der Waals surface area contributed by atoms with Gasteiger partial charge in [-0.25, -0.2) is 4.79 Å². The Hall–Kier alpha value is -3.23. The second-order valence-electron chi connectivity index (χ2n) is 19.8. The van der Waals surface area contributed by atoms with Gasteiger partial charge >= 0.3 is 17.9 Å². The predicted octanol–water partition coefficient (Wildman–Crippen LogP) is 16.6. The summed E-state index contributed by atoms with van der Waals surface area (Å²) in [6.07, 6.45) is 65.3. The fourth-order valence-corrected chi connectivity index (χ4v) is 8.06. The van der Waals surface area contributed by atoms with Crippen LogP contribution in [0.2, 0.25) is 0 Å². The van der Waals surface area contributed by atoms with Gasteiger partial charge < -0.3 is 23.8 Å². The summed E-state index contributed by atoms with van der Waals surface area (Å²) in [4.78, 5) is 37.3. The fraction of sp³-hybridized carbons (Fsp3) is 0.750. The van der Waals surface area contributed by atoms with Crippen molar-refractivity contribution in [2.24, 2.45) is 0 Å². The minimum Gasteiger partial charge on any atom is -0.477 e. The molecule has 0 saturated carbocycles. The molecule has 0 bridgehead atoms. The summed E-state index contributed by atoms with van der Waals surface area (Å²) in [6.45, 7) is 4.63. The lowest BCUT2D eigenvalue weighted by Crippen LogP contribution is -2.50. The third kappa shape index (κ3) is 47.8. The first-order valence-corrected chi connectivity index (χ1v) is 28.0. The van der Waals surface area contributed by atoms with Gasteiger partial charge in [0, 0.05) is 19.3 Å². The van der Waals surface area contributed by atoms with Gasteiger partial charge in [0.1, 0.15) is 6.61 Å². The van der Waals surface area contributed by atoms with Gasteiger partial charge in [-0.3, -0.25) is 9.59 Å². The van der Waals surface area contributed by atoms with Crippen LogP contribution >= 0.6 is 0 Å². The van der Waals surface area contributed by atoms with Crippen molar-refractivity contribution in [2.45, 2.75) is 251 Å². The molecule has 8 nitrogen and oxygen atoms in total. The van der Waals surface area contributed by atoms with Gasteiger partial charge in [0.2, 0.25) is 0 Å². The number of likely N-dealkylation sites (N-methyl/N-ethyl adjacent to an activating group) is 1. The Balaban J connectivity index is 4.23. The molecule has 2 unspecified atom stereocenters. The molecule has 0 saturated heterocycles. The van der Waals surface area contributed by atoms with Crippen LogP contribution in [0, 0.1) is 0 Å². The number of esters is 2. The van der Waals surface area contributed by atoms with E-state index in [4.69, 9.17) is 14.2 Å². The third-order valence-electron chi connectivity index (χ3n) is 12.3. The SMILES string of the molecule is CC/C=C/C/C=C/C/C=C/C/C=C/C/C=C/CCCCCCCCCC(=O)OCC(COCCC(C(=O)O)[N+](C)(C)C)OC(=O)CCCCCCCCC/C=C/CCCCCCCCCCCC. The van der Waals surface area contributed by atoms with E-state index in [1.54, 1.807) is 0 Å². The molecule has 0 spiro atoms. The summed E-state index contributed by atoms with van der Waals surface area (Å²) >= 11 is 0. The van der Waals surface area contributed by atoms with Crippen LogP contribution in [0.4, 0.5) is 0 Å². The number of hydrogen-bond acceptors (Lipinski definition) is 6. The Morgan fingerprint density at radius 2 is 0.824 bits per heavy atom. The topological polar surface area (TPSA) is 99.1 Å². The average Bonchev–Trinajstić information content (AvgIpc) is 3.30. The number of rotatable bonds is 50. The van der Waals surface area contributed by atoms with E-state index in [1.165, 1.54) is 128 Å². The van der Waals surface area contributed by atoms with Crippen molar-refractivity contribution in [3.05, 3.63) is 72.9 Å². The zero-order valence-corrected chi connectivity index (χ0v) is 44.8. The highest BCUT2D eigenvalue weighted by Crippen LogP contribution is 2.15. The average molecular weight is 954 g/mol. The van der Waals surface area contributed by atoms with Crippen LogP contribution in [-0.2, 0) is 28.6 Å². The summed E-state index contributed by atoms with van der Waals surface area (Å²) in [7, 11) is 5.53. The lowest BCUT2D eigenvalue weighted by Gasteiger charge is -2.31. The first-order valence-electron chi connectivity index (χ1n) is 28.0. The molecule has 0 aromatic rings.